The lowest BCUT2D eigenvalue weighted by atomic mass is 10.0. The molecule has 178 valence electrons. The molecule has 1 aromatic carbocycles. The molecule has 14 heteroatoms. The zero-order chi connectivity index (χ0) is 23.1. The summed E-state index contributed by atoms with van der Waals surface area (Å²) in [5.74, 6) is 0. The van der Waals surface area contributed by atoms with Crippen LogP contribution in [0, 0.1) is 11.3 Å². The van der Waals surface area contributed by atoms with E-state index < -0.39 is 30.7 Å². The van der Waals surface area contributed by atoms with Crippen LogP contribution in [-0.4, -0.2) is 69.8 Å². The van der Waals surface area contributed by atoms with E-state index in [1.807, 2.05) is 6.07 Å². The van der Waals surface area contributed by atoms with E-state index in [9.17, 15) is 16.8 Å². The Bertz CT molecular complexity index is 1290. The normalized spacial score (nSPS) is 23.7. The van der Waals surface area contributed by atoms with Crippen LogP contribution in [0.2, 0.25) is 10.0 Å². The minimum atomic E-state index is -4.17. The lowest BCUT2D eigenvalue weighted by molar-refractivity contribution is -0.0518. The van der Waals surface area contributed by atoms with Crippen LogP contribution in [0.3, 0.4) is 0 Å². The van der Waals surface area contributed by atoms with Crippen LogP contribution in [0.15, 0.2) is 46.5 Å². The largest absolute Gasteiger partial charge is 0.370 e. The molecule has 1 spiro atoms. The molecule has 1 N–H and O–H groups in total. The molecule has 0 bridgehead atoms. The van der Waals surface area contributed by atoms with Gasteiger partial charge in [-0.05, 0) is 30.3 Å². The van der Waals surface area contributed by atoms with E-state index in [-0.39, 0.29) is 64.2 Å². The number of sulfonamides is 1. The van der Waals surface area contributed by atoms with Crippen LogP contribution in [-0.2, 0) is 24.6 Å². The van der Waals surface area contributed by atoms with Crippen LogP contribution in [0.1, 0.15) is 5.56 Å². The van der Waals surface area contributed by atoms with Gasteiger partial charge >= 0.3 is 0 Å². The highest BCUT2D eigenvalue weighted by atomic mass is 35.5. The lowest BCUT2D eigenvalue weighted by Crippen LogP contribution is -2.59. The van der Waals surface area contributed by atoms with Crippen molar-refractivity contribution in [1.82, 2.24) is 14.6 Å². The molecule has 33 heavy (non-hydrogen) atoms. The number of aromatic nitrogens is 1. The van der Waals surface area contributed by atoms with Crippen molar-refractivity contribution in [3.05, 3.63) is 52.1 Å². The molecule has 2 saturated heterocycles. The van der Waals surface area contributed by atoms with Crippen molar-refractivity contribution in [2.75, 3.05) is 32.8 Å². The van der Waals surface area contributed by atoms with Gasteiger partial charge in [0.05, 0.1) is 28.3 Å². The average molecular weight is 554 g/mol. The van der Waals surface area contributed by atoms with E-state index in [0.717, 1.165) is 4.31 Å². The third kappa shape index (κ3) is 4.72. The van der Waals surface area contributed by atoms with Crippen LogP contribution in [0.5, 0.6) is 0 Å². The van der Waals surface area contributed by atoms with Crippen LogP contribution in [0.25, 0.3) is 0 Å². The highest BCUT2D eigenvalue weighted by Crippen LogP contribution is 2.38. The fraction of sp³-hybridized carbons (Fsp3) is 0.368. The molecular formula is C19H19Cl3N4O5S2. The first-order valence-corrected chi connectivity index (χ1v) is 13.2. The van der Waals surface area contributed by atoms with Gasteiger partial charge in [-0.15, -0.1) is 12.4 Å². The summed E-state index contributed by atoms with van der Waals surface area (Å²) in [5.41, 5.74) is -1.09. The van der Waals surface area contributed by atoms with E-state index in [2.05, 4.69) is 10.3 Å². The number of benzene rings is 1. The molecule has 0 amide bonds. The van der Waals surface area contributed by atoms with Crippen molar-refractivity contribution in [2.45, 2.75) is 20.8 Å². The first kappa shape index (κ1) is 26.1. The molecule has 2 aromatic rings. The zero-order valence-corrected chi connectivity index (χ0v) is 20.9. The number of halogens is 3. The number of rotatable bonds is 4. The van der Waals surface area contributed by atoms with E-state index in [1.54, 1.807) is 0 Å². The SMILES string of the molecule is Cl.N#Cc1ccc(S(=O)(=O)N2C[C@H](S(=O)(=O)c3ccc(Cl)cn3)[C@@]3(CNCCO3)C2)c(Cl)c1. The number of hydrogen-bond donors (Lipinski definition) is 1. The Kier molecular flexibility index (Phi) is 7.63. The molecule has 3 heterocycles. The fourth-order valence-corrected chi connectivity index (χ4v) is 8.11. The van der Waals surface area contributed by atoms with Gasteiger partial charge in [-0.3, -0.25) is 0 Å². The van der Waals surface area contributed by atoms with E-state index in [4.69, 9.17) is 33.2 Å². The van der Waals surface area contributed by atoms with Gasteiger partial charge in [-0.25, -0.2) is 21.8 Å². The summed E-state index contributed by atoms with van der Waals surface area (Å²) in [7, 11) is -8.25. The second-order valence-electron chi connectivity index (χ2n) is 7.49. The van der Waals surface area contributed by atoms with E-state index in [0.29, 0.717) is 6.54 Å². The Labute approximate surface area is 208 Å². The summed E-state index contributed by atoms with van der Waals surface area (Å²) in [6, 6.07) is 8.43. The smallest absolute Gasteiger partial charge is 0.244 e. The Balaban J connectivity index is 0.00000306. The van der Waals surface area contributed by atoms with Gasteiger partial charge in [0.2, 0.25) is 19.9 Å². The van der Waals surface area contributed by atoms with Crippen LogP contribution in [0.4, 0.5) is 0 Å². The second kappa shape index (κ2) is 9.64. The van der Waals surface area contributed by atoms with Crippen molar-refractivity contribution in [2.24, 2.45) is 0 Å². The third-order valence-corrected chi connectivity index (χ3v) is 10.2. The number of pyridine rings is 1. The van der Waals surface area contributed by atoms with Gasteiger partial charge in [0.1, 0.15) is 15.7 Å². The molecule has 1 aromatic heterocycles. The lowest BCUT2D eigenvalue weighted by Gasteiger charge is -2.37. The summed E-state index contributed by atoms with van der Waals surface area (Å²) in [6.45, 7) is 0.369. The Morgan fingerprint density at radius 1 is 1.21 bits per heavy atom. The number of morpholine rings is 1. The number of nitrogens with zero attached hydrogens (tertiary/aromatic N) is 3. The fourth-order valence-electron chi connectivity index (χ4n) is 3.96. The first-order valence-electron chi connectivity index (χ1n) is 9.50. The molecule has 0 radical (unpaired) electrons. The first-order chi connectivity index (χ1) is 15.1. The maximum atomic E-state index is 13.5. The van der Waals surface area contributed by atoms with Gasteiger partial charge in [0.25, 0.3) is 0 Å². The number of ether oxygens (including phenoxy) is 1. The number of sulfone groups is 1. The molecule has 2 aliphatic heterocycles. The monoisotopic (exact) mass is 552 g/mol. The molecule has 0 unspecified atom stereocenters. The molecule has 0 saturated carbocycles. The van der Waals surface area contributed by atoms with Gasteiger partial charge in [0.15, 0.2) is 5.03 Å². The molecule has 2 fully saturated rings. The summed E-state index contributed by atoms with van der Waals surface area (Å²) in [4.78, 5) is 3.73. The highest BCUT2D eigenvalue weighted by Gasteiger charge is 2.58. The van der Waals surface area contributed by atoms with Crippen molar-refractivity contribution >= 4 is 55.5 Å². The predicted octanol–water partition coefficient (Wildman–Crippen LogP) is 1.89. The van der Waals surface area contributed by atoms with Gasteiger partial charge < -0.3 is 10.1 Å². The molecule has 9 nitrogen and oxygen atoms in total. The quantitative estimate of drug-likeness (QED) is 0.608. The van der Waals surface area contributed by atoms with Crippen molar-refractivity contribution in [3.63, 3.8) is 0 Å². The van der Waals surface area contributed by atoms with Gasteiger partial charge in [-0.2, -0.15) is 9.57 Å². The van der Waals surface area contributed by atoms with Crippen molar-refractivity contribution < 1.29 is 21.6 Å². The second-order valence-corrected chi connectivity index (χ2v) is 12.3. The minimum Gasteiger partial charge on any atom is -0.370 e. The molecule has 2 atom stereocenters. The van der Waals surface area contributed by atoms with Crippen molar-refractivity contribution in [3.8, 4) is 6.07 Å². The van der Waals surface area contributed by atoms with Gasteiger partial charge in [0, 0.05) is 32.4 Å². The zero-order valence-electron chi connectivity index (χ0n) is 16.9. The number of nitrogens with one attached hydrogen (secondary N) is 1. The van der Waals surface area contributed by atoms with E-state index >= 15 is 0 Å². The number of hydrogen-bond acceptors (Lipinski definition) is 8. The summed E-state index contributed by atoms with van der Waals surface area (Å²) in [6.07, 6.45) is 1.22. The predicted molar refractivity (Wildman–Crippen MR) is 124 cm³/mol. The summed E-state index contributed by atoms with van der Waals surface area (Å²) >= 11 is 12.0. The summed E-state index contributed by atoms with van der Waals surface area (Å²) < 4.78 is 60.7. The highest BCUT2D eigenvalue weighted by molar-refractivity contribution is 7.92. The molecule has 2 aliphatic rings. The third-order valence-electron chi connectivity index (χ3n) is 5.54. The standard InChI is InChI=1S/C19H18Cl2N4O5S2.ClH/c20-14-2-4-18(24-9-14)31(26,27)17-10-25(12-19(17)11-23-5-6-30-19)32(28,29)16-3-1-13(8-22)7-15(16)21;/h1-4,7,9,17,23H,5-6,10-12H2;1H/t17-,19+;/m0./s1. The maximum Gasteiger partial charge on any atom is 0.244 e. The Morgan fingerprint density at radius 2 is 1.97 bits per heavy atom. The molecular weight excluding hydrogens is 535 g/mol. The van der Waals surface area contributed by atoms with Crippen LogP contribution >= 0.6 is 35.6 Å². The topological polar surface area (TPSA) is 129 Å². The molecule has 4 rings (SSSR count). The van der Waals surface area contributed by atoms with Crippen molar-refractivity contribution in [1.29, 1.82) is 5.26 Å². The summed E-state index contributed by atoms with van der Waals surface area (Å²) in [5, 5.41) is 10.9. The molecule has 0 aliphatic carbocycles. The maximum absolute atomic E-state index is 13.5. The average Bonchev–Trinajstić information content (AvgIpc) is 3.14. The number of nitriles is 1. The minimum absolute atomic E-state index is 0. The Morgan fingerprint density at radius 3 is 2.55 bits per heavy atom. The van der Waals surface area contributed by atoms with Crippen LogP contribution < -0.4 is 5.32 Å². The Hall–Kier alpha value is -1.49. The van der Waals surface area contributed by atoms with E-state index in [1.165, 1.54) is 36.5 Å². The van der Waals surface area contributed by atoms with Gasteiger partial charge in [-0.1, -0.05) is 23.2 Å².